The number of benzene rings is 1. The molecule has 0 spiro atoms. The van der Waals surface area contributed by atoms with Gasteiger partial charge in [0.15, 0.2) is 5.76 Å². The first-order chi connectivity index (χ1) is 11.2. The van der Waals surface area contributed by atoms with Gasteiger partial charge in [-0.3, -0.25) is 0 Å². The highest BCUT2D eigenvalue weighted by Gasteiger charge is 2.23. The summed E-state index contributed by atoms with van der Waals surface area (Å²) in [4.78, 5) is 11.4. The highest BCUT2D eigenvalue weighted by atomic mass is 16.4. The van der Waals surface area contributed by atoms with Crippen LogP contribution in [0.2, 0.25) is 0 Å². The molecule has 0 aliphatic rings. The number of aromatic nitrogens is 3. The molecule has 0 fully saturated rings. The summed E-state index contributed by atoms with van der Waals surface area (Å²) in [6.45, 7) is 2.16. The van der Waals surface area contributed by atoms with Crippen molar-refractivity contribution >= 4 is 5.97 Å². The molecule has 0 aliphatic heterocycles. The van der Waals surface area contributed by atoms with Crippen LogP contribution in [0, 0.1) is 0 Å². The van der Waals surface area contributed by atoms with E-state index >= 15 is 0 Å². The van der Waals surface area contributed by atoms with E-state index in [-0.39, 0.29) is 5.69 Å². The first-order valence-corrected chi connectivity index (χ1v) is 7.53. The van der Waals surface area contributed by atoms with E-state index in [2.05, 4.69) is 17.2 Å². The molecule has 3 aromatic rings. The SMILES string of the molecule is CCCCc1ccc(-n2nnc(C(=O)O)c2-c2ccco2)cc1. The smallest absolute Gasteiger partial charge is 0.358 e. The Morgan fingerprint density at radius 2 is 2.04 bits per heavy atom. The van der Waals surface area contributed by atoms with Crippen LogP contribution >= 0.6 is 0 Å². The molecule has 0 aliphatic carbocycles. The van der Waals surface area contributed by atoms with E-state index in [1.54, 1.807) is 12.1 Å². The quantitative estimate of drug-likeness (QED) is 0.752. The van der Waals surface area contributed by atoms with Gasteiger partial charge in [0.1, 0.15) is 5.69 Å². The van der Waals surface area contributed by atoms with Crippen LogP contribution in [0.5, 0.6) is 0 Å². The molecule has 1 aromatic carbocycles. The van der Waals surface area contributed by atoms with Crippen molar-refractivity contribution in [1.29, 1.82) is 0 Å². The fourth-order valence-electron chi connectivity index (χ4n) is 2.43. The maximum atomic E-state index is 11.4. The number of carbonyl (C=O) groups is 1. The molecule has 118 valence electrons. The highest BCUT2D eigenvalue weighted by Crippen LogP contribution is 2.26. The summed E-state index contributed by atoms with van der Waals surface area (Å²) in [6, 6.07) is 11.3. The lowest BCUT2D eigenvalue weighted by Crippen LogP contribution is -2.02. The first-order valence-electron chi connectivity index (χ1n) is 7.53. The average Bonchev–Trinajstić information content (AvgIpc) is 3.22. The van der Waals surface area contributed by atoms with Crippen LogP contribution in [0.4, 0.5) is 0 Å². The van der Waals surface area contributed by atoms with Gasteiger partial charge < -0.3 is 9.52 Å². The number of carboxylic acid groups (broad SMARTS) is 1. The van der Waals surface area contributed by atoms with Crippen molar-refractivity contribution in [1.82, 2.24) is 15.0 Å². The van der Waals surface area contributed by atoms with E-state index in [0.29, 0.717) is 11.5 Å². The number of carboxylic acids is 1. The number of hydrogen-bond donors (Lipinski definition) is 1. The van der Waals surface area contributed by atoms with E-state index in [1.165, 1.54) is 16.5 Å². The molecule has 0 saturated heterocycles. The average molecular weight is 311 g/mol. The van der Waals surface area contributed by atoms with Crippen molar-refractivity contribution in [3.05, 3.63) is 53.9 Å². The summed E-state index contributed by atoms with van der Waals surface area (Å²) in [5.74, 6) is -0.718. The molecule has 1 N–H and O–H groups in total. The summed E-state index contributed by atoms with van der Waals surface area (Å²) in [6.07, 6.45) is 4.81. The van der Waals surface area contributed by atoms with Crippen LogP contribution in [0.15, 0.2) is 47.1 Å². The minimum Gasteiger partial charge on any atom is -0.476 e. The van der Waals surface area contributed by atoms with E-state index in [1.807, 2.05) is 24.3 Å². The van der Waals surface area contributed by atoms with E-state index < -0.39 is 5.97 Å². The second-order valence-corrected chi connectivity index (χ2v) is 5.25. The van der Waals surface area contributed by atoms with E-state index in [4.69, 9.17) is 4.42 Å². The molecule has 0 atom stereocenters. The normalized spacial score (nSPS) is 10.8. The van der Waals surface area contributed by atoms with Crippen molar-refractivity contribution in [3.63, 3.8) is 0 Å². The lowest BCUT2D eigenvalue weighted by atomic mass is 10.1. The second-order valence-electron chi connectivity index (χ2n) is 5.25. The predicted octanol–water partition coefficient (Wildman–Crippen LogP) is 3.57. The van der Waals surface area contributed by atoms with Gasteiger partial charge in [0, 0.05) is 0 Å². The molecular weight excluding hydrogens is 294 g/mol. The van der Waals surface area contributed by atoms with Crippen LogP contribution in [0.3, 0.4) is 0 Å². The Labute approximate surface area is 133 Å². The summed E-state index contributed by atoms with van der Waals surface area (Å²) >= 11 is 0. The van der Waals surface area contributed by atoms with E-state index in [9.17, 15) is 9.90 Å². The van der Waals surface area contributed by atoms with Gasteiger partial charge in [0.2, 0.25) is 5.69 Å². The molecule has 6 heteroatoms. The molecule has 0 bridgehead atoms. The maximum absolute atomic E-state index is 11.4. The summed E-state index contributed by atoms with van der Waals surface area (Å²) in [5, 5.41) is 17.1. The van der Waals surface area contributed by atoms with Crippen LogP contribution in [-0.2, 0) is 6.42 Å². The van der Waals surface area contributed by atoms with Gasteiger partial charge in [-0.1, -0.05) is 30.7 Å². The van der Waals surface area contributed by atoms with Crippen LogP contribution in [-0.4, -0.2) is 26.1 Å². The Hall–Kier alpha value is -2.89. The van der Waals surface area contributed by atoms with Gasteiger partial charge in [-0.2, -0.15) is 0 Å². The number of hydrogen-bond acceptors (Lipinski definition) is 4. The van der Waals surface area contributed by atoms with Gasteiger partial charge in [-0.25, -0.2) is 9.48 Å². The lowest BCUT2D eigenvalue weighted by Gasteiger charge is -2.06. The van der Waals surface area contributed by atoms with Crippen LogP contribution in [0.1, 0.15) is 35.8 Å². The molecule has 0 saturated carbocycles. The topological polar surface area (TPSA) is 81.2 Å². The second kappa shape index (κ2) is 6.48. The zero-order valence-corrected chi connectivity index (χ0v) is 12.8. The monoisotopic (exact) mass is 311 g/mol. The van der Waals surface area contributed by atoms with Crippen LogP contribution in [0.25, 0.3) is 17.1 Å². The first kappa shape index (κ1) is 15.0. The molecular formula is C17H17N3O3. The third-order valence-corrected chi connectivity index (χ3v) is 3.63. The van der Waals surface area contributed by atoms with Gasteiger partial charge in [-0.15, -0.1) is 5.10 Å². The molecule has 2 heterocycles. The number of unbranched alkanes of at least 4 members (excludes halogenated alkanes) is 1. The number of rotatable bonds is 6. The summed E-state index contributed by atoms with van der Waals surface area (Å²) in [5.41, 5.74) is 2.20. The van der Waals surface area contributed by atoms with Gasteiger partial charge in [0.25, 0.3) is 0 Å². The van der Waals surface area contributed by atoms with Crippen molar-refractivity contribution < 1.29 is 14.3 Å². The Kier molecular flexibility index (Phi) is 4.23. The number of furan rings is 1. The van der Waals surface area contributed by atoms with Gasteiger partial charge >= 0.3 is 5.97 Å². The Balaban J connectivity index is 2.01. The molecule has 0 unspecified atom stereocenters. The maximum Gasteiger partial charge on any atom is 0.358 e. The third kappa shape index (κ3) is 3.01. The zero-order chi connectivity index (χ0) is 16.2. The molecule has 23 heavy (non-hydrogen) atoms. The third-order valence-electron chi connectivity index (χ3n) is 3.63. The molecule has 2 aromatic heterocycles. The van der Waals surface area contributed by atoms with Gasteiger partial charge in [-0.05, 0) is 42.7 Å². The van der Waals surface area contributed by atoms with Crippen molar-refractivity contribution in [2.45, 2.75) is 26.2 Å². The molecule has 0 radical (unpaired) electrons. The Bertz CT molecular complexity index is 789. The highest BCUT2D eigenvalue weighted by molar-refractivity contribution is 5.92. The Morgan fingerprint density at radius 3 is 2.65 bits per heavy atom. The minimum absolute atomic E-state index is 0.130. The predicted molar refractivity (Wildman–Crippen MR) is 84.6 cm³/mol. The largest absolute Gasteiger partial charge is 0.476 e. The molecule has 6 nitrogen and oxygen atoms in total. The van der Waals surface area contributed by atoms with Crippen molar-refractivity contribution in [3.8, 4) is 17.1 Å². The Morgan fingerprint density at radius 1 is 1.26 bits per heavy atom. The van der Waals surface area contributed by atoms with Crippen molar-refractivity contribution in [2.24, 2.45) is 0 Å². The van der Waals surface area contributed by atoms with Crippen molar-refractivity contribution in [2.75, 3.05) is 0 Å². The summed E-state index contributed by atoms with van der Waals surface area (Å²) in [7, 11) is 0. The lowest BCUT2D eigenvalue weighted by molar-refractivity contribution is 0.0691. The minimum atomic E-state index is -1.14. The standard InChI is InChI=1S/C17H17N3O3/c1-2-3-5-12-7-9-13(10-8-12)20-16(14-6-4-11-23-14)15(17(21)22)18-19-20/h4,6-11H,2-3,5H2,1H3,(H,21,22). The molecule has 0 amide bonds. The number of aromatic carboxylic acids is 1. The molecule has 3 rings (SSSR count). The van der Waals surface area contributed by atoms with Gasteiger partial charge in [0.05, 0.1) is 12.0 Å². The number of nitrogens with zero attached hydrogens (tertiary/aromatic N) is 3. The summed E-state index contributed by atoms with van der Waals surface area (Å²) < 4.78 is 6.84. The fraction of sp³-hybridized carbons (Fsp3) is 0.235. The zero-order valence-electron chi connectivity index (χ0n) is 12.8. The number of aryl methyl sites for hydroxylation is 1. The fourth-order valence-corrected chi connectivity index (χ4v) is 2.43. The van der Waals surface area contributed by atoms with Crippen LogP contribution < -0.4 is 0 Å². The van der Waals surface area contributed by atoms with E-state index in [0.717, 1.165) is 24.9 Å².